The van der Waals surface area contributed by atoms with E-state index in [1.807, 2.05) is 18.2 Å². The maximum absolute atomic E-state index is 12.8. The van der Waals surface area contributed by atoms with Gasteiger partial charge >= 0.3 is 0 Å². The van der Waals surface area contributed by atoms with E-state index in [9.17, 15) is 4.79 Å². The first kappa shape index (κ1) is 17.1. The van der Waals surface area contributed by atoms with Crippen molar-refractivity contribution in [1.82, 2.24) is 14.5 Å². The number of hydrogen-bond donors (Lipinski definition) is 3. The van der Waals surface area contributed by atoms with Crippen molar-refractivity contribution in [2.75, 3.05) is 46.9 Å². The van der Waals surface area contributed by atoms with E-state index in [1.54, 1.807) is 27.8 Å². The maximum Gasteiger partial charge on any atom is 0.277 e. The molecule has 0 atom stereocenters. The molecule has 0 bridgehead atoms. The summed E-state index contributed by atoms with van der Waals surface area (Å²) in [6, 6.07) is 5.73. The van der Waals surface area contributed by atoms with Crippen molar-refractivity contribution in [2.45, 2.75) is 13.0 Å². The van der Waals surface area contributed by atoms with Crippen molar-refractivity contribution in [1.29, 1.82) is 0 Å². The van der Waals surface area contributed by atoms with Crippen LogP contribution in [0.2, 0.25) is 0 Å². The number of hydrogen-bond acceptors (Lipinski definition) is 3. The van der Waals surface area contributed by atoms with Gasteiger partial charge in [0.25, 0.3) is 5.56 Å². The Bertz CT molecular complexity index is 969. The highest BCUT2D eigenvalue weighted by atomic mass is 16.5. The quantitative estimate of drug-likeness (QED) is 0.531. The van der Waals surface area contributed by atoms with Crippen molar-refractivity contribution < 1.29 is 14.5 Å². The van der Waals surface area contributed by atoms with E-state index in [0.717, 1.165) is 29.6 Å². The summed E-state index contributed by atoms with van der Waals surface area (Å²) in [5.74, 6) is 0.765. The summed E-state index contributed by atoms with van der Waals surface area (Å²) in [7, 11) is 3.90. The second-order valence-electron chi connectivity index (χ2n) is 7.31. The SMILES string of the molecule is COc1ccc2[nH]c3c(=O)n(CCC[NH+]4CC[NH+](C)CC4)cnc3c2c1. The molecule has 0 unspecified atom stereocenters. The second-order valence-corrected chi connectivity index (χ2v) is 7.31. The molecule has 1 aliphatic rings. The molecular formula is C19H27N5O2+2. The molecule has 1 aromatic carbocycles. The lowest BCUT2D eigenvalue weighted by Crippen LogP contribution is -3.27. The van der Waals surface area contributed by atoms with Crippen molar-refractivity contribution in [2.24, 2.45) is 0 Å². The molecule has 138 valence electrons. The Labute approximate surface area is 152 Å². The zero-order valence-corrected chi connectivity index (χ0v) is 15.5. The molecule has 3 N–H and O–H groups in total. The molecule has 0 amide bonds. The third-order valence-corrected chi connectivity index (χ3v) is 5.52. The number of nitrogens with one attached hydrogen (secondary N) is 3. The molecule has 1 saturated heterocycles. The van der Waals surface area contributed by atoms with E-state index >= 15 is 0 Å². The smallest absolute Gasteiger partial charge is 0.277 e. The largest absolute Gasteiger partial charge is 0.497 e. The standard InChI is InChI=1S/C19H25N5O2/c1-22-8-10-23(11-9-22)6-3-7-24-13-20-17-15-12-14(26-2)4-5-16(15)21-18(17)19(24)25/h4-5,12-13,21H,3,6-11H2,1-2H3/p+2. The van der Waals surface area contributed by atoms with Crippen LogP contribution < -0.4 is 20.1 Å². The third kappa shape index (κ3) is 3.20. The summed E-state index contributed by atoms with van der Waals surface area (Å²) in [4.78, 5) is 23.9. The van der Waals surface area contributed by atoms with Gasteiger partial charge in [-0.3, -0.25) is 9.36 Å². The van der Waals surface area contributed by atoms with E-state index in [4.69, 9.17) is 4.74 Å². The summed E-state index contributed by atoms with van der Waals surface area (Å²) >= 11 is 0. The van der Waals surface area contributed by atoms with Crippen LogP contribution in [-0.4, -0.2) is 61.4 Å². The lowest BCUT2D eigenvalue weighted by Gasteiger charge is -2.27. The molecule has 3 aromatic rings. The number of aryl methyl sites for hydroxylation is 1. The number of quaternary nitrogens is 2. The van der Waals surface area contributed by atoms with Crippen LogP contribution in [0.3, 0.4) is 0 Å². The molecule has 7 nitrogen and oxygen atoms in total. The summed E-state index contributed by atoms with van der Waals surface area (Å²) in [5.41, 5.74) is 2.20. The lowest BCUT2D eigenvalue weighted by atomic mass is 10.2. The van der Waals surface area contributed by atoms with Crippen LogP contribution in [0.25, 0.3) is 21.9 Å². The summed E-state index contributed by atoms with van der Waals surface area (Å²) in [6.45, 7) is 6.75. The first-order valence-corrected chi connectivity index (χ1v) is 9.35. The van der Waals surface area contributed by atoms with E-state index in [0.29, 0.717) is 17.6 Å². The van der Waals surface area contributed by atoms with Gasteiger partial charge in [-0.05, 0) is 18.2 Å². The van der Waals surface area contributed by atoms with Crippen molar-refractivity contribution >= 4 is 21.9 Å². The minimum absolute atomic E-state index is 0.00277. The Hall–Kier alpha value is -2.38. The van der Waals surface area contributed by atoms with Crippen LogP contribution in [0, 0.1) is 0 Å². The van der Waals surface area contributed by atoms with Gasteiger partial charge in [-0.25, -0.2) is 4.98 Å². The van der Waals surface area contributed by atoms with E-state index in [2.05, 4.69) is 17.0 Å². The minimum Gasteiger partial charge on any atom is -0.497 e. The average molecular weight is 357 g/mol. The number of aromatic amines is 1. The molecular weight excluding hydrogens is 330 g/mol. The number of rotatable bonds is 5. The van der Waals surface area contributed by atoms with E-state index in [1.165, 1.54) is 26.2 Å². The summed E-state index contributed by atoms with van der Waals surface area (Å²) in [6.07, 6.45) is 2.68. The van der Waals surface area contributed by atoms with Crippen LogP contribution in [0.5, 0.6) is 5.75 Å². The number of aromatic nitrogens is 3. The number of benzene rings is 1. The van der Waals surface area contributed by atoms with Gasteiger partial charge in [0, 0.05) is 23.9 Å². The molecule has 0 radical (unpaired) electrons. The van der Waals surface area contributed by atoms with E-state index in [-0.39, 0.29) is 5.56 Å². The van der Waals surface area contributed by atoms with Crippen LogP contribution in [0.15, 0.2) is 29.3 Å². The summed E-state index contributed by atoms with van der Waals surface area (Å²) < 4.78 is 7.01. The summed E-state index contributed by atoms with van der Waals surface area (Å²) in [5, 5.41) is 0.924. The third-order valence-electron chi connectivity index (χ3n) is 5.52. The van der Waals surface area contributed by atoms with Gasteiger partial charge < -0.3 is 19.5 Å². The fourth-order valence-electron chi connectivity index (χ4n) is 3.84. The van der Waals surface area contributed by atoms with Crippen LogP contribution in [0.4, 0.5) is 0 Å². The first-order valence-electron chi connectivity index (χ1n) is 9.35. The maximum atomic E-state index is 12.8. The second kappa shape index (κ2) is 7.09. The number of methoxy groups -OCH3 is 1. The fraction of sp³-hybridized carbons (Fsp3) is 0.474. The predicted octanol–water partition coefficient (Wildman–Crippen LogP) is -1.31. The van der Waals surface area contributed by atoms with Crippen LogP contribution in [0.1, 0.15) is 6.42 Å². The van der Waals surface area contributed by atoms with Crippen molar-refractivity contribution in [3.05, 3.63) is 34.9 Å². The molecule has 0 aliphatic carbocycles. The number of likely N-dealkylation sites (N-methyl/N-ethyl adjacent to an activating group) is 1. The normalized spacial score (nSPS) is 20.7. The highest BCUT2D eigenvalue weighted by Crippen LogP contribution is 2.25. The molecule has 4 rings (SSSR count). The molecule has 3 heterocycles. The molecule has 0 spiro atoms. The van der Waals surface area contributed by atoms with Gasteiger partial charge in [0.2, 0.25) is 0 Å². The number of fused-ring (bicyclic) bond motifs is 3. The topological polar surface area (TPSA) is 68.8 Å². The van der Waals surface area contributed by atoms with Gasteiger partial charge in [-0.1, -0.05) is 0 Å². The predicted molar refractivity (Wildman–Crippen MR) is 101 cm³/mol. The number of ether oxygens (including phenoxy) is 1. The molecule has 0 saturated carbocycles. The molecule has 1 aliphatic heterocycles. The Kier molecular flexibility index (Phi) is 4.65. The molecule has 26 heavy (non-hydrogen) atoms. The Morgan fingerprint density at radius 2 is 2.08 bits per heavy atom. The van der Waals surface area contributed by atoms with Gasteiger partial charge in [-0.2, -0.15) is 0 Å². The first-order chi connectivity index (χ1) is 12.7. The van der Waals surface area contributed by atoms with Crippen molar-refractivity contribution in [3.8, 4) is 5.75 Å². The molecule has 2 aromatic heterocycles. The van der Waals surface area contributed by atoms with Gasteiger partial charge in [-0.15, -0.1) is 0 Å². The van der Waals surface area contributed by atoms with Crippen LogP contribution in [-0.2, 0) is 6.54 Å². The Morgan fingerprint density at radius 3 is 2.85 bits per heavy atom. The van der Waals surface area contributed by atoms with Crippen LogP contribution >= 0.6 is 0 Å². The average Bonchev–Trinajstić information content (AvgIpc) is 3.04. The number of H-pyrrole nitrogens is 1. The fourth-order valence-corrected chi connectivity index (χ4v) is 3.84. The zero-order chi connectivity index (χ0) is 18.1. The van der Waals surface area contributed by atoms with Gasteiger partial charge in [0.05, 0.1) is 27.0 Å². The number of piperazine rings is 1. The molecule has 1 fully saturated rings. The van der Waals surface area contributed by atoms with E-state index < -0.39 is 0 Å². The minimum atomic E-state index is 0.00277. The Morgan fingerprint density at radius 1 is 1.27 bits per heavy atom. The molecule has 7 heteroatoms. The van der Waals surface area contributed by atoms with Gasteiger partial charge in [0.15, 0.2) is 0 Å². The highest BCUT2D eigenvalue weighted by Gasteiger charge is 2.19. The van der Waals surface area contributed by atoms with Crippen molar-refractivity contribution in [3.63, 3.8) is 0 Å². The zero-order valence-electron chi connectivity index (χ0n) is 15.5. The Balaban J connectivity index is 1.52. The number of nitrogens with zero attached hydrogens (tertiary/aromatic N) is 2. The lowest BCUT2D eigenvalue weighted by molar-refractivity contribution is -1.00. The monoisotopic (exact) mass is 357 g/mol. The highest BCUT2D eigenvalue weighted by molar-refractivity contribution is 6.04. The van der Waals surface area contributed by atoms with Gasteiger partial charge in [0.1, 0.15) is 43.0 Å².